The van der Waals surface area contributed by atoms with Crippen LogP contribution in [0.4, 0.5) is 8.78 Å². The van der Waals surface area contributed by atoms with E-state index in [1.54, 1.807) is 48.5 Å². The maximum absolute atomic E-state index is 15.1. The highest BCUT2D eigenvalue weighted by atomic mass is 35.5. The maximum atomic E-state index is 15.1. The molecule has 0 atom stereocenters. The third-order valence-corrected chi connectivity index (χ3v) is 5.64. The maximum Gasteiger partial charge on any atom is 0.343 e. The Morgan fingerprint density at radius 2 is 1.76 bits per heavy atom. The molecule has 0 bridgehead atoms. The number of hydrogen-bond donors (Lipinski definition) is 1. The highest BCUT2D eigenvalue weighted by Crippen LogP contribution is 2.34. The summed E-state index contributed by atoms with van der Waals surface area (Å²) in [7, 11) is 0. The van der Waals surface area contributed by atoms with Crippen LogP contribution in [0.3, 0.4) is 0 Å². The molecule has 0 aliphatic carbocycles. The number of benzene rings is 3. The van der Waals surface area contributed by atoms with E-state index in [1.807, 2.05) is 0 Å². The molecule has 3 nitrogen and oxygen atoms in total. The van der Waals surface area contributed by atoms with Gasteiger partial charge in [-0.25, -0.2) is 13.6 Å². The molecular formula is C22H13ClF2O3S. The molecule has 0 unspecified atom stereocenters. The summed E-state index contributed by atoms with van der Waals surface area (Å²) in [4.78, 5) is 13.0. The fourth-order valence-corrected chi connectivity index (χ4v) is 4.01. The summed E-state index contributed by atoms with van der Waals surface area (Å²) >= 11 is 6.89. The van der Waals surface area contributed by atoms with Gasteiger partial charge in [-0.3, -0.25) is 0 Å². The summed E-state index contributed by atoms with van der Waals surface area (Å²) in [5, 5.41) is 11.4. The highest BCUT2D eigenvalue weighted by Gasteiger charge is 2.19. The van der Waals surface area contributed by atoms with Crippen molar-refractivity contribution in [1.29, 1.82) is 0 Å². The minimum absolute atomic E-state index is 0.0562. The number of halogens is 3. The van der Waals surface area contributed by atoms with Gasteiger partial charge in [0.1, 0.15) is 23.0 Å². The molecule has 0 amide bonds. The van der Waals surface area contributed by atoms with Gasteiger partial charge in [-0.2, -0.15) is 0 Å². The van der Waals surface area contributed by atoms with E-state index < -0.39 is 17.3 Å². The quantitative estimate of drug-likeness (QED) is 0.393. The van der Waals surface area contributed by atoms with Gasteiger partial charge in [-0.1, -0.05) is 35.5 Å². The summed E-state index contributed by atoms with van der Waals surface area (Å²) in [6.45, 7) is 0. The Morgan fingerprint density at radius 3 is 2.52 bits per heavy atom. The largest absolute Gasteiger partial charge is 0.507 e. The van der Waals surface area contributed by atoms with Crippen LogP contribution in [0, 0.1) is 11.6 Å². The van der Waals surface area contributed by atoms with Crippen LogP contribution in [0.25, 0.3) is 11.0 Å². The second kappa shape index (κ2) is 7.89. The Hall–Kier alpha value is -2.83. The highest BCUT2D eigenvalue weighted by molar-refractivity contribution is 7.99. The predicted octanol–water partition coefficient (Wildman–Crippen LogP) is 6.17. The van der Waals surface area contributed by atoms with Crippen LogP contribution in [0.5, 0.6) is 5.75 Å². The molecule has 1 aromatic heterocycles. The molecule has 3 aromatic carbocycles. The van der Waals surface area contributed by atoms with Gasteiger partial charge in [0.15, 0.2) is 0 Å². The Morgan fingerprint density at radius 1 is 1.03 bits per heavy atom. The first-order valence-electron chi connectivity index (χ1n) is 8.57. The van der Waals surface area contributed by atoms with Gasteiger partial charge in [-0.05, 0) is 54.1 Å². The molecule has 1 heterocycles. The van der Waals surface area contributed by atoms with Crippen molar-refractivity contribution in [2.75, 3.05) is 0 Å². The molecule has 7 heteroatoms. The summed E-state index contributed by atoms with van der Waals surface area (Å²) in [6, 6.07) is 15.3. The van der Waals surface area contributed by atoms with E-state index >= 15 is 4.39 Å². The molecule has 0 aliphatic heterocycles. The van der Waals surface area contributed by atoms with Gasteiger partial charge in [0.2, 0.25) is 0 Å². The van der Waals surface area contributed by atoms with Crippen molar-refractivity contribution >= 4 is 34.3 Å². The number of fused-ring (bicyclic) bond motifs is 1. The fourth-order valence-electron chi connectivity index (χ4n) is 2.97. The average molecular weight is 431 g/mol. The topological polar surface area (TPSA) is 50.4 Å². The number of rotatable bonds is 4. The first kappa shape index (κ1) is 19.5. The molecule has 4 rings (SSSR count). The lowest BCUT2D eigenvalue weighted by atomic mass is 10.0. The molecule has 0 saturated carbocycles. The van der Waals surface area contributed by atoms with E-state index in [-0.39, 0.29) is 33.8 Å². The minimum atomic E-state index is -0.795. The van der Waals surface area contributed by atoms with E-state index in [1.165, 1.54) is 0 Å². The van der Waals surface area contributed by atoms with E-state index in [4.69, 9.17) is 16.0 Å². The lowest BCUT2D eigenvalue weighted by Gasteiger charge is -2.10. The molecule has 0 radical (unpaired) electrons. The number of aromatic hydroxyl groups is 1. The molecule has 1 N–H and O–H groups in total. The number of para-hydroxylation sites is 1. The molecular weight excluding hydrogens is 418 g/mol. The third kappa shape index (κ3) is 3.99. The van der Waals surface area contributed by atoms with Gasteiger partial charge >= 0.3 is 5.63 Å². The van der Waals surface area contributed by atoms with Crippen molar-refractivity contribution < 1.29 is 18.3 Å². The van der Waals surface area contributed by atoms with Crippen molar-refractivity contribution in [3.8, 4) is 5.75 Å². The normalized spacial score (nSPS) is 11.1. The second-order valence-electron chi connectivity index (χ2n) is 6.32. The van der Waals surface area contributed by atoms with Gasteiger partial charge < -0.3 is 9.52 Å². The zero-order valence-electron chi connectivity index (χ0n) is 14.8. The van der Waals surface area contributed by atoms with Crippen molar-refractivity contribution in [2.24, 2.45) is 0 Å². The summed E-state index contributed by atoms with van der Waals surface area (Å²) in [5.74, 6) is -1.62. The molecule has 0 aliphatic rings. The monoisotopic (exact) mass is 430 g/mol. The Balaban J connectivity index is 1.75. The van der Waals surface area contributed by atoms with E-state index in [0.717, 1.165) is 23.9 Å². The third-order valence-electron chi connectivity index (χ3n) is 4.37. The zero-order chi connectivity index (χ0) is 20.5. The fraction of sp³-hybridized carbons (Fsp3) is 0.0455. The van der Waals surface area contributed by atoms with Gasteiger partial charge in [0, 0.05) is 16.3 Å². The van der Waals surface area contributed by atoms with Crippen molar-refractivity contribution in [2.45, 2.75) is 16.2 Å². The van der Waals surface area contributed by atoms with Crippen LogP contribution in [-0.4, -0.2) is 5.11 Å². The Labute approximate surface area is 173 Å². The van der Waals surface area contributed by atoms with Crippen LogP contribution in [-0.2, 0) is 6.42 Å². The second-order valence-corrected chi connectivity index (χ2v) is 7.87. The minimum Gasteiger partial charge on any atom is -0.507 e. The van der Waals surface area contributed by atoms with Crippen LogP contribution in [0.1, 0.15) is 11.1 Å². The first-order chi connectivity index (χ1) is 13.9. The molecule has 4 aromatic rings. The molecule has 0 saturated heterocycles. The lowest BCUT2D eigenvalue weighted by molar-refractivity contribution is 0.457. The predicted molar refractivity (Wildman–Crippen MR) is 109 cm³/mol. The smallest absolute Gasteiger partial charge is 0.343 e. The Bertz CT molecular complexity index is 1270. The van der Waals surface area contributed by atoms with Gasteiger partial charge in [0.05, 0.1) is 15.8 Å². The Kier molecular flexibility index (Phi) is 5.30. The summed E-state index contributed by atoms with van der Waals surface area (Å²) in [5.41, 5.74) is -0.760. The van der Waals surface area contributed by atoms with E-state index in [0.29, 0.717) is 15.3 Å². The van der Waals surface area contributed by atoms with Crippen molar-refractivity contribution in [3.05, 3.63) is 98.9 Å². The molecule has 0 fully saturated rings. The average Bonchev–Trinajstić information content (AvgIpc) is 2.70. The van der Waals surface area contributed by atoms with Crippen LogP contribution in [0.2, 0.25) is 5.02 Å². The number of hydrogen-bond acceptors (Lipinski definition) is 4. The molecule has 146 valence electrons. The lowest BCUT2D eigenvalue weighted by Crippen LogP contribution is -2.10. The van der Waals surface area contributed by atoms with E-state index in [2.05, 4.69) is 0 Å². The molecule has 29 heavy (non-hydrogen) atoms. The SMILES string of the molecule is O=c1oc2ccccc2c(O)c1Cc1cc(F)cc(Sc2ccc(Cl)cc2)c1F. The van der Waals surface area contributed by atoms with Gasteiger partial charge in [0.25, 0.3) is 0 Å². The summed E-state index contributed by atoms with van der Waals surface area (Å²) in [6.07, 6.45) is -0.309. The first-order valence-corrected chi connectivity index (χ1v) is 9.77. The van der Waals surface area contributed by atoms with Crippen molar-refractivity contribution in [3.63, 3.8) is 0 Å². The molecule has 0 spiro atoms. The standard InChI is InChI=1S/C22H13ClF2O3S/c23-13-5-7-15(8-6-13)29-19-11-14(24)9-12(20(19)25)10-17-21(26)16-3-1-2-4-18(16)28-22(17)27/h1-9,11,26H,10H2. The van der Waals surface area contributed by atoms with Crippen LogP contribution < -0.4 is 5.63 Å². The zero-order valence-corrected chi connectivity index (χ0v) is 16.4. The van der Waals surface area contributed by atoms with Gasteiger partial charge in [-0.15, -0.1) is 0 Å². The van der Waals surface area contributed by atoms with Crippen LogP contribution >= 0.6 is 23.4 Å². The van der Waals surface area contributed by atoms with E-state index in [9.17, 15) is 14.3 Å². The summed E-state index contributed by atoms with van der Waals surface area (Å²) < 4.78 is 34.4. The van der Waals surface area contributed by atoms with Crippen LogP contribution in [0.15, 0.2) is 79.7 Å². The van der Waals surface area contributed by atoms with Crippen molar-refractivity contribution in [1.82, 2.24) is 0 Å².